The van der Waals surface area contributed by atoms with Gasteiger partial charge in [0.15, 0.2) is 0 Å². The van der Waals surface area contributed by atoms with Gasteiger partial charge in [-0.1, -0.05) is 30.3 Å². The van der Waals surface area contributed by atoms with Gasteiger partial charge in [-0.2, -0.15) is 0 Å². The summed E-state index contributed by atoms with van der Waals surface area (Å²) < 4.78 is 0. The summed E-state index contributed by atoms with van der Waals surface area (Å²) in [6.45, 7) is 4.00. The summed E-state index contributed by atoms with van der Waals surface area (Å²) in [5, 5.41) is 0. The quantitative estimate of drug-likeness (QED) is 0.749. The van der Waals surface area contributed by atoms with Gasteiger partial charge in [0, 0.05) is 32.7 Å². The van der Waals surface area contributed by atoms with Gasteiger partial charge in [0.1, 0.15) is 0 Å². The van der Waals surface area contributed by atoms with Gasteiger partial charge in [-0.05, 0) is 5.56 Å². The molecule has 0 aromatic heterocycles. The maximum Gasteiger partial charge on any atom is 0.336 e. The van der Waals surface area contributed by atoms with Crippen molar-refractivity contribution in [2.75, 3.05) is 26.2 Å². The Morgan fingerprint density at radius 1 is 1.12 bits per heavy atom. The van der Waals surface area contributed by atoms with Gasteiger partial charge in [-0.15, -0.1) is 0 Å². The highest BCUT2D eigenvalue weighted by Crippen LogP contribution is 2.08. The number of hydrogen-bond acceptors (Lipinski definition) is 2. The van der Waals surface area contributed by atoms with E-state index in [0.717, 1.165) is 19.6 Å². The Morgan fingerprint density at radius 2 is 1.75 bits per heavy atom. The molecule has 1 aliphatic rings. The topological polar surface area (TPSA) is 47.4 Å². The number of nitrogens with one attached hydrogen (secondary N) is 1. The summed E-state index contributed by atoms with van der Waals surface area (Å²) in [7, 11) is 0. The fourth-order valence-electron chi connectivity index (χ4n) is 1.95. The Balaban J connectivity index is 1.84. The van der Waals surface area contributed by atoms with Crippen LogP contribution in [0.2, 0.25) is 0 Å². The highest BCUT2D eigenvalue weighted by Gasteiger charge is 2.19. The van der Waals surface area contributed by atoms with Crippen molar-refractivity contribution in [2.45, 2.75) is 6.54 Å². The first-order valence-corrected chi connectivity index (χ1v) is 5.52. The normalized spacial score (nSPS) is 17.4. The molecule has 0 atom stereocenters. The summed E-state index contributed by atoms with van der Waals surface area (Å²) in [4.78, 5) is 14.7. The minimum Gasteiger partial charge on any atom is -0.321 e. The van der Waals surface area contributed by atoms with Crippen molar-refractivity contribution in [1.82, 2.24) is 15.5 Å². The summed E-state index contributed by atoms with van der Waals surface area (Å²) in [5.41, 5.74) is 8.33. The van der Waals surface area contributed by atoms with E-state index in [0.29, 0.717) is 13.1 Å². The van der Waals surface area contributed by atoms with Gasteiger partial charge in [-0.3, -0.25) is 4.90 Å². The predicted molar refractivity (Wildman–Crippen MR) is 61.8 cm³/mol. The second-order valence-corrected chi connectivity index (χ2v) is 4.05. The van der Waals surface area contributed by atoms with Gasteiger partial charge in [0.2, 0.25) is 0 Å². The van der Waals surface area contributed by atoms with Crippen LogP contribution in [0.5, 0.6) is 0 Å². The van der Waals surface area contributed by atoms with Crippen LogP contribution in [-0.4, -0.2) is 42.0 Å². The molecule has 0 bridgehead atoms. The maximum atomic E-state index is 10.8. The van der Waals surface area contributed by atoms with Crippen LogP contribution in [0.1, 0.15) is 5.56 Å². The van der Waals surface area contributed by atoms with Gasteiger partial charge in [-0.25, -0.2) is 10.5 Å². The van der Waals surface area contributed by atoms with E-state index in [-0.39, 0.29) is 0 Å². The third-order valence-corrected chi connectivity index (χ3v) is 2.91. The van der Waals surface area contributed by atoms with Crippen molar-refractivity contribution in [3.05, 3.63) is 35.9 Å². The predicted octanol–water partition coefficient (Wildman–Crippen LogP) is 1.21. The smallest absolute Gasteiger partial charge is 0.321 e. The Morgan fingerprint density at radius 3 is 2.31 bits per heavy atom. The lowest BCUT2D eigenvalue weighted by Crippen LogP contribution is -2.48. The van der Waals surface area contributed by atoms with Crippen molar-refractivity contribution in [3.63, 3.8) is 0 Å². The standard InChI is InChI=1S/C12H16N3O/c13-12(16)15-8-6-14(7-9-15)10-11-4-2-1-3-5-11/h1-5,13H,6-10H2. The molecule has 1 aromatic rings. The van der Waals surface area contributed by atoms with Crippen LogP contribution in [-0.2, 0) is 6.54 Å². The van der Waals surface area contributed by atoms with E-state index in [1.807, 2.05) is 18.2 Å². The van der Waals surface area contributed by atoms with Crippen molar-refractivity contribution >= 4 is 6.03 Å². The minimum absolute atomic E-state index is 0.556. The van der Waals surface area contributed by atoms with Gasteiger partial charge in [0.25, 0.3) is 0 Å². The summed E-state index contributed by atoms with van der Waals surface area (Å²) >= 11 is 0. The first kappa shape index (κ1) is 11.0. The number of benzene rings is 1. The molecule has 0 saturated carbocycles. The average molecular weight is 218 g/mol. The van der Waals surface area contributed by atoms with Crippen molar-refractivity contribution in [3.8, 4) is 0 Å². The number of rotatable bonds is 2. The Kier molecular flexibility index (Phi) is 3.41. The van der Waals surface area contributed by atoms with E-state index in [9.17, 15) is 4.79 Å². The van der Waals surface area contributed by atoms with Gasteiger partial charge < -0.3 is 4.90 Å². The fourth-order valence-corrected chi connectivity index (χ4v) is 1.95. The zero-order valence-electron chi connectivity index (χ0n) is 9.22. The van der Waals surface area contributed by atoms with Crippen LogP contribution in [0.25, 0.3) is 0 Å². The Labute approximate surface area is 95.6 Å². The first-order valence-electron chi connectivity index (χ1n) is 5.52. The molecule has 1 N–H and O–H groups in total. The monoisotopic (exact) mass is 218 g/mol. The second kappa shape index (κ2) is 4.99. The van der Waals surface area contributed by atoms with Crippen molar-refractivity contribution in [2.24, 2.45) is 0 Å². The lowest BCUT2D eigenvalue weighted by molar-refractivity contribution is 0.139. The molecule has 85 valence electrons. The highest BCUT2D eigenvalue weighted by atomic mass is 16.2. The molecule has 1 heterocycles. The molecular formula is C12H16N3O. The zero-order valence-corrected chi connectivity index (χ0v) is 9.22. The van der Waals surface area contributed by atoms with Crippen LogP contribution in [0, 0.1) is 0 Å². The van der Waals surface area contributed by atoms with E-state index < -0.39 is 6.03 Å². The summed E-state index contributed by atoms with van der Waals surface area (Å²) in [6.07, 6.45) is 0. The summed E-state index contributed by atoms with van der Waals surface area (Å²) in [6, 6.07) is 9.77. The minimum atomic E-state index is -0.556. The molecular weight excluding hydrogens is 202 g/mol. The van der Waals surface area contributed by atoms with E-state index in [4.69, 9.17) is 5.73 Å². The lowest BCUT2D eigenvalue weighted by atomic mass is 10.2. The molecule has 1 aliphatic heterocycles. The van der Waals surface area contributed by atoms with Crippen LogP contribution in [0.4, 0.5) is 4.79 Å². The van der Waals surface area contributed by atoms with E-state index in [1.54, 1.807) is 4.90 Å². The molecule has 16 heavy (non-hydrogen) atoms. The fraction of sp³-hybridized carbons (Fsp3) is 0.417. The second-order valence-electron chi connectivity index (χ2n) is 4.05. The lowest BCUT2D eigenvalue weighted by Gasteiger charge is -2.33. The average Bonchev–Trinajstić information content (AvgIpc) is 2.31. The van der Waals surface area contributed by atoms with Crippen molar-refractivity contribution in [1.29, 1.82) is 0 Å². The van der Waals surface area contributed by atoms with E-state index in [1.165, 1.54) is 5.56 Å². The molecule has 0 aliphatic carbocycles. The number of carbonyl (C=O) groups excluding carboxylic acids is 1. The van der Waals surface area contributed by atoms with E-state index >= 15 is 0 Å². The molecule has 0 unspecified atom stereocenters. The molecule has 1 aromatic carbocycles. The molecule has 1 radical (unpaired) electrons. The number of carbonyl (C=O) groups is 1. The molecule has 1 saturated heterocycles. The van der Waals surface area contributed by atoms with Crippen molar-refractivity contribution < 1.29 is 4.79 Å². The number of piperazine rings is 1. The SMILES string of the molecule is [NH]C(=O)N1CCN(Cc2ccccc2)CC1. The molecule has 0 spiro atoms. The molecule has 1 fully saturated rings. The highest BCUT2D eigenvalue weighted by molar-refractivity contribution is 5.71. The molecule has 2 amide bonds. The van der Waals surface area contributed by atoms with Crippen LogP contribution in [0.15, 0.2) is 30.3 Å². The van der Waals surface area contributed by atoms with Crippen LogP contribution < -0.4 is 5.73 Å². The first-order chi connectivity index (χ1) is 7.75. The molecule has 4 heteroatoms. The summed E-state index contributed by atoms with van der Waals surface area (Å²) in [5.74, 6) is 0. The number of amides is 2. The van der Waals surface area contributed by atoms with E-state index in [2.05, 4.69) is 17.0 Å². The largest absolute Gasteiger partial charge is 0.336 e. The molecule has 4 nitrogen and oxygen atoms in total. The Bertz CT molecular complexity index is 345. The number of nitrogens with zero attached hydrogens (tertiary/aromatic N) is 2. The third kappa shape index (κ3) is 2.73. The molecule has 2 rings (SSSR count). The number of urea groups is 1. The van der Waals surface area contributed by atoms with Gasteiger partial charge in [0.05, 0.1) is 0 Å². The number of hydrogen-bond donors (Lipinski definition) is 0. The van der Waals surface area contributed by atoms with Crippen LogP contribution >= 0.6 is 0 Å². The van der Waals surface area contributed by atoms with Gasteiger partial charge >= 0.3 is 6.03 Å². The Hall–Kier alpha value is -1.55. The zero-order chi connectivity index (χ0) is 11.4. The maximum absolute atomic E-state index is 10.8. The third-order valence-electron chi connectivity index (χ3n) is 2.91. The van der Waals surface area contributed by atoms with Crippen LogP contribution in [0.3, 0.4) is 0 Å².